The minimum Gasteiger partial charge on any atom is -0.497 e. The Balaban J connectivity index is 2.67. The largest absolute Gasteiger partial charge is 0.497 e. The highest BCUT2D eigenvalue weighted by atomic mass is 16.5. The van der Waals surface area contributed by atoms with Gasteiger partial charge in [0.25, 0.3) is 0 Å². The van der Waals surface area contributed by atoms with Crippen LogP contribution in [0.15, 0.2) is 30.3 Å². The average Bonchev–Trinajstić information content (AvgIpc) is 2.51. The summed E-state index contributed by atoms with van der Waals surface area (Å²) in [6.45, 7) is -1.66. The molecule has 0 aliphatic carbocycles. The third-order valence-electron chi connectivity index (χ3n) is 2.84. The fourth-order valence-corrected chi connectivity index (χ4v) is 1.46. The Morgan fingerprint density at radius 2 is 1.75 bits per heavy atom. The van der Waals surface area contributed by atoms with Crippen molar-refractivity contribution in [3.05, 3.63) is 35.9 Å². The van der Waals surface area contributed by atoms with E-state index in [1.54, 1.807) is 37.5 Å². The van der Waals surface area contributed by atoms with Crippen molar-refractivity contribution < 1.29 is 24.9 Å². The Labute approximate surface area is 117 Å². The van der Waals surface area contributed by atoms with Gasteiger partial charge in [-0.1, -0.05) is 12.1 Å². The van der Waals surface area contributed by atoms with Gasteiger partial charge in [-0.25, -0.2) is 0 Å². The summed E-state index contributed by atoms with van der Waals surface area (Å²) in [6.07, 6.45) is 2.84. The molecule has 20 heavy (non-hydrogen) atoms. The van der Waals surface area contributed by atoms with Crippen molar-refractivity contribution in [1.82, 2.24) is 5.32 Å². The first-order chi connectivity index (χ1) is 9.59. The van der Waals surface area contributed by atoms with Gasteiger partial charge >= 0.3 is 0 Å². The van der Waals surface area contributed by atoms with Crippen LogP contribution in [-0.2, 0) is 4.79 Å². The van der Waals surface area contributed by atoms with E-state index in [1.165, 1.54) is 6.08 Å². The summed E-state index contributed by atoms with van der Waals surface area (Å²) in [5.41, 5.74) is -0.620. The van der Waals surface area contributed by atoms with Crippen molar-refractivity contribution in [2.45, 2.75) is 5.54 Å². The molecule has 0 atom stereocenters. The maximum atomic E-state index is 11.7. The number of hydrogen-bond acceptors (Lipinski definition) is 5. The average molecular weight is 281 g/mol. The van der Waals surface area contributed by atoms with E-state index in [0.717, 1.165) is 5.56 Å². The zero-order valence-electron chi connectivity index (χ0n) is 11.2. The minimum atomic E-state index is -1.42. The second kappa shape index (κ2) is 7.64. The number of carbonyl (C=O) groups excluding carboxylic acids is 1. The van der Waals surface area contributed by atoms with Gasteiger partial charge in [-0.2, -0.15) is 0 Å². The Kier molecular flexibility index (Phi) is 6.17. The molecular formula is C14H19NO5. The van der Waals surface area contributed by atoms with Crippen LogP contribution in [0.1, 0.15) is 5.56 Å². The van der Waals surface area contributed by atoms with E-state index in [4.69, 9.17) is 20.1 Å². The molecular weight excluding hydrogens is 262 g/mol. The molecule has 0 unspecified atom stereocenters. The maximum absolute atomic E-state index is 11.7. The van der Waals surface area contributed by atoms with Crippen LogP contribution in [-0.4, -0.2) is 53.7 Å². The minimum absolute atomic E-state index is 0.516. The molecule has 4 N–H and O–H groups in total. The van der Waals surface area contributed by atoms with E-state index in [1.807, 2.05) is 0 Å². The highest BCUT2D eigenvalue weighted by Gasteiger charge is 2.29. The van der Waals surface area contributed by atoms with Crippen molar-refractivity contribution >= 4 is 12.0 Å². The van der Waals surface area contributed by atoms with Gasteiger partial charge in [0.15, 0.2) is 0 Å². The fourth-order valence-electron chi connectivity index (χ4n) is 1.46. The molecule has 0 aromatic heterocycles. The summed E-state index contributed by atoms with van der Waals surface area (Å²) in [7, 11) is 1.57. The number of hydrogen-bond donors (Lipinski definition) is 4. The Bertz CT molecular complexity index is 443. The molecule has 0 spiro atoms. The molecule has 0 heterocycles. The topological polar surface area (TPSA) is 99.0 Å². The number of benzene rings is 1. The van der Waals surface area contributed by atoms with Crippen LogP contribution in [0.5, 0.6) is 5.75 Å². The predicted octanol–water partition coefficient (Wildman–Crippen LogP) is -0.460. The molecule has 0 fully saturated rings. The zero-order valence-corrected chi connectivity index (χ0v) is 11.2. The number of aliphatic hydroxyl groups excluding tert-OH is 3. The fraction of sp³-hybridized carbons (Fsp3) is 0.357. The summed E-state index contributed by atoms with van der Waals surface area (Å²) in [4.78, 5) is 11.7. The van der Waals surface area contributed by atoms with Gasteiger partial charge in [0.05, 0.1) is 26.9 Å². The number of methoxy groups -OCH3 is 1. The molecule has 1 rings (SSSR count). The molecule has 1 amide bonds. The lowest BCUT2D eigenvalue weighted by Crippen LogP contribution is -2.56. The van der Waals surface area contributed by atoms with Gasteiger partial charge in [0.1, 0.15) is 11.3 Å². The summed E-state index contributed by atoms with van der Waals surface area (Å²) in [6, 6.07) is 7.08. The van der Waals surface area contributed by atoms with Crippen LogP contribution < -0.4 is 10.1 Å². The first kappa shape index (κ1) is 16.2. The SMILES string of the molecule is COc1ccc(/C=C\C(=O)NC(CO)(CO)CO)cc1. The number of ether oxygens (including phenoxy) is 1. The smallest absolute Gasteiger partial charge is 0.244 e. The molecule has 6 heteroatoms. The van der Waals surface area contributed by atoms with Gasteiger partial charge < -0.3 is 25.4 Å². The number of carbonyl (C=O) groups is 1. The van der Waals surface area contributed by atoms with Crippen LogP contribution in [0.2, 0.25) is 0 Å². The van der Waals surface area contributed by atoms with Crippen LogP contribution in [0.4, 0.5) is 0 Å². The van der Waals surface area contributed by atoms with Crippen molar-refractivity contribution in [1.29, 1.82) is 0 Å². The van der Waals surface area contributed by atoms with Gasteiger partial charge in [-0.3, -0.25) is 4.79 Å². The zero-order chi connectivity index (χ0) is 15.0. The molecule has 0 bridgehead atoms. The number of rotatable bonds is 7. The molecule has 6 nitrogen and oxygen atoms in total. The molecule has 0 aliphatic heterocycles. The first-order valence-electron chi connectivity index (χ1n) is 6.06. The van der Waals surface area contributed by atoms with Crippen LogP contribution in [0.25, 0.3) is 6.08 Å². The monoisotopic (exact) mass is 281 g/mol. The number of aliphatic hydroxyl groups is 3. The normalized spacial score (nSPS) is 11.6. The highest BCUT2D eigenvalue weighted by molar-refractivity contribution is 5.92. The van der Waals surface area contributed by atoms with E-state index in [-0.39, 0.29) is 0 Å². The van der Waals surface area contributed by atoms with Crippen LogP contribution in [0, 0.1) is 0 Å². The lowest BCUT2D eigenvalue weighted by atomic mass is 10.0. The van der Waals surface area contributed by atoms with E-state index in [2.05, 4.69) is 5.32 Å². The van der Waals surface area contributed by atoms with Crippen LogP contribution in [0.3, 0.4) is 0 Å². The molecule has 0 aliphatic rings. The predicted molar refractivity (Wildman–Crippen MR) is 74.2 cm³/mol. The van der Waals surface area contributed by atoms with E-state index < -0.39 is 31.3 Å². The standard InChI is InChI=1S/C14H19NO5/c1-20-12-5-2-11(3-6-12)4-7-13(19)15-14(8-16,9-17)10-18/h2-7,16-18H,8-10H2,1H3,(H,15,19)/b7-4-. The van der Waals surface area contributed by atoms with Crippen molar-refractivity contribution in [3.63, 3.8) is 0 Å². The van der Waals surface area contributed by atoms with E-state index in [9.17, 15) is 4.79 Å². The van der Waals surface area contributed by atoms with Gasteiger partial charge in [-0.05, 0) is 23.8 Å². The van der Waals surface area contributed by atoms with Gasteiger partial charge in [-0.15, -0.1) is 0 Å². The highest BCUT2D eigenvalue weighted by Crippen LogP contribution is 2.12. The maximum Gasteiger partial charge on any atom is 0.244 e. The molecule has 0 saturated heterocycles. The van der Waals surface area contributed by atoms with Crippen molar-refractivity contribution in [2.24, 2.45) is 0 Å². The Hall–Kier alpha value is -1.89. The molecule has 0 saturated carbocycles. The lowest BCUT2D eigenvalue weighted by Gasteiger charge is -2.27. The summed E-state index contributed by atoms with van der Waals surface area (Å²) < 4.78 is 5.02. The molecule has 1 aromatic carbocycles. The van der Waals surface area contributed by atoms with Crippen molar-refractivity contribution in [3.8, 4) is 5.75 Å². The van der Waals surface area contributed by atoms with E-state index in [0.29, 0.717) is 5.75 Å². The number of amides is 1. The Morgan fingerprint density at radius 1 is 1.20 bits per heavy atom. The number of nitrogens with one attached hydrogen (secondary N) is 1. The third-order valence-corrected chi connectivity index (χ3v) is 2.84. The van der Waals surface area contributed by atoms with Gasteiger partial charge in [0, 0.05) is 6.08 Å². The third kappa shape index (κ3) is 4.34. The second-order valence-corrected chi connectivity index (χ2v) is 4.35. The summed E-state index contributed by atoms with van der Waals surface area (Å²) in [5, 5.41) is 29.7. The molecule has 0 radical (unpaired) electrons. The Morgan fingerprint density at radius 3 is 2.20 bits per heavy atom. The first-order valence-corrected chi connectivity index (χ1v) is 6.06. The summed E-state index contributed by atoms with van der Waals surface area (Å²) >= 11 is 0. The molecule has 110 valence electrons. The summed E-state index contributed by atoms with van der Waals surface area (Å²) in [5.74, 6) is 0.199. The van der Waals surface area contributed by atoms with E-state index >= 15 is 0 Å². The van der Waals surface area contributed by atoms with Gasteiger partial charge in [0.2, 0.25) is 5.91 Å². The quantitative estimate of drug-likeness (QED) is 0.507. The van der Waals surface area contributed by atoms with Crippen molar-refractivity contribution in [2.75, 3.05) is 26.9 Å². The molecule has 1 aromatic rings. The second-order valence-electron chi connectivity index (χ2n) is 4.35. The van der Waals surface area contributed by atoms with Crippen LogP contribution >= 0.6 is 0 Å². The lowest BCUT2D eigenvalue weighted by molar-refractivity contribution is -0.120.